The Bertz CT molecular complexity index is 492. The molecule has 2 bridgehead atoms. The summed E-state index contributed by atoms with van der Waals surface area (Å²) in [5.74, 6) is -4.99. The van der Waals surface area contributed by atoms with Crippen molar-refractivity contribution in [3.8, 4) is 0 Å². The van der Waals surface area contributed by atoms with Crippen molar-refractivity contribution in [1.82, 2.24) is 4.90 Å². The van der Waals surface area contributed by atoms with Gasteiger partial charge in [0.25, 0.3) is 0 Å². The van der Waals surface area contributed by atoms with Crippen molar-refractivity contribution in [3.63, 3.8) is 0 Å². The van der Waals surface area contributed by atoms with Crippen LogP contribution in [0.1, 0.15) is 20.8 Å². The number of esters is 1. The molecule has 6 nitrogen and oxygen atoms in total. The van der Waals surface area contributed by atoms with Crippen molar-refractivity contribution in [1.29, 1.82) is 0 Å². The number of nitrogens with zero attached hydrogens (tertiary/aromatic N) is 1. The third-order valence-corrected chi connectivity index (χ3v) is 3.86. The highest BCUT2D eigenvalue weighted by Gasteiger charge is 2.78. The zero-order valence-electron chi connectivity index (χ0n) is 12.7. The van der Waals surface area contributed by atoms with Gasteiger partial charge in [-0.25, -0.2) is 9.59 Å². The minimum absolute atomic E-state index is 0.111. The average Bonchev–Trinajstić information content (AvgIpc) is 3.02. The summed E-state index contributed by atoms with van der Waals surface area (Å²) < 4.78 is 44.0. The van der Waals surface area contributed by atoms with Crippen LogP contribution in [0.3, 0.4) is 0 Å². The average molecular weight is 319 g/mol. The molecule has 3 atom stereocenters. The molecule has 8 heteroatoms. The molecule has 124 valence electrons. The highest BCUT2D eigenvalue weighted by Crippen LogP contribution is 2.51. The third-order valence-electron chi connectivity index (χ3n) is 3.86. The Labute approximate surface area is 127 Å². The second-order valence-corrected chi connectivity index (χ2v) is 4.98. The van der Waals surface area contributed by atoms with Crippen molar-refractivity contribution >= 4 is 12.1 Å². The lowest BCUT2D eigenvalue weighted by atomic mass is 9.85. The monoisotopic (exact) mass is 319 g/mol. The second-order valence-electron chi connectivity index (χ2n) is 4.98. The molecule has 22 heavy (non-hydrogen) atoms. The van der Waals surface area contributed by atoms with E-state index in [4.69, 9.17) is 14.2 Å². The summed E-state index contributed by atoms with van der Waals surface area (Å²) in [6, 6.07) is 0. The fourth-order valence-corrected chi connectivity index (χ4v) is 2.63. The van der Waals surface area contributed by atoms with Gasteiger partial charge >= 0.3 is 23.6 Å². The van der Waals surface area contributed by atoms with E-state index in [-0.39, 0.29) is 19.7 Å². The lowest BCUT2D eigenvalue weighted by Gasteiger charge is -2.36. The van der Waals surface area contributed by atoms with Crippen molar-refractivity contribution < 1.29 is 32.6 Å². The zero-order valence-corrected chi connectivity index (χ0v) is 12.7. The summed E-state index contributed by atoms with van der Waals surface area (Å²) in [5, 5.41) is 0. The largest absolute Gasteiger partial charge is 0.463 e. The quantitative estimate of drug-likeness (QED) is 0.570. The summed E-state index contributed by atoms with van der Waals surface area (Å²) >= 11 is 0. The van der Waals surface area contributed by atoms with E-state index in [2.05, 4.69) is 0 Å². The zero-order chi connectivity index (χ0) is 16.5. The molecule has 0 radical (unpaired) electrons. The maximum Gasteiger partial charge on any atom is 0.411 e. The van der Waals surface area contributed by atoms with Gasteiger partial charge < -0.3 is 19.1 Å². The fraction of sp³-hybridized carbons (Fsp3) is 0.714. The Hall–Kier alpha value is -1.70. The molecule has 0 aromatic carbocycles. The first-order chi connectivity index (χ1) is 10.3. The van der Waals surface area contributed by atoms with Gasteiger partial charge in [-0.2, -0.15) is 8.78 Å². The molecular weight excluding hydrogens is 300 g/mol. The standard InChI is InChI=1S/C14H19F2NO5/c1-4-17(5-2)12(19)22-13(11(18)20-6-3)9-7-8-10(21-9)14(13,15)16/h7-10H,4-6H2,1-3H3/t9-,10+,13+/m0/s1. The Morgan fingerprint density at radius 3 is 2.23 bits per heavy atom. The van der Waals surface area contributed by atoms with E-state index in [1.165, 1.54) is 17.9 Å². The van der Waals surface area contributed by atoms with Gasteiger partial charge in [-0.05, 0) is 20.8 Å². The number of carbonyl (C=O) groups excluding carboxylic acids is 2. The lowest BCUT2D eigenvalue weighted by molar-refractivity contribution is -0.205. The number of rotatable bonds is 5. The van der Waals surface area contributed by atoms with Gasteiger partial charge in [0, 0.05) is 13.1 Å². The van der Waals surface area contributed by atoms with Crippen molar-refractivity contribution in [2.24, 2.45) is 0 Å². The summed E-state index contributed by atoms with van der Waals surface area (Å²) in [6.45, 7) is 5.27. The fourth-order valence-electron chi connectivity index (χ4n) is 2.63. The van der Waals surface area contributed by atoms with Crippen LogP contribution in [0.2, 0.25) is 0 Å². The Morgan fingerprint density at radius 1 is 1.18 bits per heavy atom. The normalized spacial score (nSPS) is 31.1. The minimum atomic E-state index is -3.69. The SMILES string of the molecule is CCOC(=O)[C@]1(OC(=O)N(CC)CC)[C@@H]2C=C[C@@H](O2)C1(F)F. The van der Waals surface area contributed by atoms with Gasteiger partial charge in [0.15, 0.2) is 0 Å². The Morgan fingerprint density at radius 2 is 1.77 bits per heavy atom. The minimum Gasteiger partial charge on any atom is -0.463 e. The highest BCUT2D eigenvalue weighted by molar-refractivity contribution is 5.87. The van der Waals surface area contributed by atoms with Crippen LogP contribution in [0.15, 0.2) is 12.2 Å². The smallest absolute Gasteiger partial charge is 0.411 e. The van der Waals surface area contributed by atoms with Crippen molar-refractivity contribution in [2.75, 3.05) is 19.7 Å². The van der Waals surface area contributed by atoms with Crippen LogP contribution in [-0.2, 0) is 19.0 Å². The van der Waals surface area contributed by atoms with Crippen LogP contribution >= 0.6 is 0 Å². The number of carbonyl (C=O) groups is 2. The number of ether oxygens (including phenoxy) is 3. The Balaban J connectivity index is 2.38. The summed E-state index contributed by atoms with van der Waals surface area (Å²) in [6.07, 6.45) is -1.50. The van der Waals surface area contributed by atoms with Gasteiger partial charge in [0.2, 0.25) is 0 Å². The molecule has 0 spiro atoms. The number of halogens is 2. The predicted octanol–water partition coefficient (Wildman–Crippen LogP) is 1.74. The van der Waals surface area contributed by atoms with Crippen LogP contribution in [-0.4, -0.2) is 60.4 Å². The molecule has 0 N–H and O–H groups in total. The first-order valence-electron chi connectivity index (χ1n) is 7.21. The molecule has 2 rings (SSSR count). The van der Waals surface area contributed by atoms with Crippen LogP contribution in [0.25, 0.3) is 0 Å². The van der Waals surface area contributed by atoms with Gasteiger partial charge in [-0.1, -0.05) is 12.2 Å². The summed E-state index contributed by atoms with van der Waals surface area (Å²) in [5.41, 5.74) is -2.78. The molecule has 0 aliphatic carbocycles. The van der Waals surface area contributed by atoms with Crippen LogP contribution in [0.5, 0.6) is 0 Å². The van der Waals surface area contributed by atoms with Gasteiger partial charge in [0.1, 0.15) is 12.2 Å². The van der Waals surface area contributed by atoms with E-state index < -0.39 is 35.8 Å². The van der Waals surface area contributed by atoms with Gasteiger partial charge in [-0.15, -0.1) is 0 Å². The number of hydrogen-bond donors (Lipinski definition) is 0. The summed E-state index contributed by atoms with van der Waals surface area (Å²) in [7, 11) is 0. The molecule has 1 amide bonds. The molecular formula is C14H19F2NO5. The maximum absolute atomic E-state index is 14.6. The third kappa shape index (κ3) is 2.16. The van der Waals surface area contributed by atoms with Crippen molar-refractivity contribution in [2.45, 2.75) is 44.5 Å². The molecule has 0 aromatic heterocycles. The molecule has 2 aliphatic heterocycles. The maximum atomic E-state index is 14.6. The molecule has 1 fully saturated rings. The van der Waals surface area contributed by atoms with Crippen molar-refractivity contribution in [3.05, 3.63) is 12.2 Å². The first-order valence-corrected chi connectivity index (χ1v) is 7.21. The van der Waals surface area contributed by atoms with Gasteiger partial charge in [0.05, 0.1) is 6.61 Å². The lowest BCUT2D eigenvalue weighted by Crippen LogP contribution is -2.64. The number of fused-ring (bicyclic) bond motifs is 2. The van der Waals surface area contributed by atoms with Crippen LogP contribution in [0.4, 0.5) is 13.6 Å². The van der Waals surface area contributed by atoms with E-state index in [0.717, 1.165) is 6.08 Å². The molecule has 1 saturated heterocycles. The topological polar surface area (TPSA) is 65.1 Å². The molecule has 0 aromatic rings. The highest BCUT2D eigenvalue weighted by atomic mass is 19.3. The van der Waals surface area contributed by atoms with Crippen LogP contribution < -0.4 is 0 Å². The first kappa shape index (κ1) is 16.7. The summed E-state index contributed by atoms with van der Waals surface area (Å²) in [4.78, 5) is 25.5. The molecule has 2 aliphatic rings. The van der Waals surface area contributed by atoms with E-state index in [9.17, 15) is 18.4 Å². The number of amides is 1. The van der Waals surface area contributed by atoms with E-state index >= 15 is 0 Å². The molecule has 2 heterocycles. The number of hydrogen-bond acceptors (Lipinski definition) is 5. The van der Waals surface area contributed by atoms with E-state index in [1.807, 2.05) is 0 Å². The molecule has 0 saturated carbocycles. The van der Waals surface area contributed by atoms with E-state index in [0.29, 0.717) is 0 Å². The van der Waals surface area contributed by atoms with E-state index in [1.54, 1.807) is 13.8 Å². The van der Waals surface area contributed by atoms with Gasteiger partial charge in [-0.3, -0.25) is 0 Å². The second kappa shape index (κ2) is 5.83. The predicted molar refractivity (Wildman–Crippen MR) is 71.5 cm³/mol. The molecule has 0 unspecified atom stereocenters. The van der Waals surface area contributed by atoms with Crippen LogP contribution in [0, 0.1) is 0 Å². The number of alkyl halides is 2. The Kier molecular flexibility index (Phi) is 4.42.